The fourth-order valence-electron chi connectivity index (χ4n) is 2.49. The molecule has 1 fully saturated rings. The molecule has 0 spiro atoms. The third-order valence-corrected chi connectivity index (χ3v) is 3.62. The van der Waals surface area contributed by atoms with Gasteiger partial charge in [0.25, 0.3) is 0 Å². The molecule has 0 bridgehead atoms. The number of hydrogen-bond donors (Lipinski definition) is 1. The SMILES string of the molecule is COc1cc([C@H](CF)N2CCNCC2)cc(C(F)(F)F)c1.Cl. The van der Waals surface area contributed by atoms with Crippen molar-refractivity contribution in [3.63, 3.8) is 0 Å². The summed E-state index contributed by atoms with van der Waals surface area (Å²) in [6.45, 7) is 1.88. The second-order valence-electron chi connectivity index (χ2n) is 4.95. The summed E-state index contributed by atoms with van der Waals surface area (Å²) < 4.78 is 57.1. The molecule has 1 saturated heterocycles. The highest BCUT2D eigenvalue weighted by Gasteiger charge is 2.33. The van der Waals surface area contributed by atoms with Gasteiger partial charge < -0.3 is 10.1 Å². The van der Waals surface area contributed by atoms with Crippen LogP contribution in [0.1, 0.15) is 17.2 Å². The number of piperazine rings is 1. The number of halogens is 5. The minimum Gasteiger partial charge on any atom is -0.497 e. The molecule has 1 N–H and O–H groups in total. The van der Waals surface area contributed by atoms with Crippen LogP contribution < -0.4 is 10.1 Å². The lowest BCUT2D eigenvalue weighted by Crippen LogP contribution is -2.45. The molecule has 0 saturated carbocycles. The van der Waals surface area contributed by atoms with Gasteiger partial charge in [-0.25, -0.2) is 4.39 Å². The summed E-state index contributed by atoms with van der Waals surface area (Å²) in [5, 5.41) is 3.13. The highest BCUT2D eigenvalue weighted by molar-refractivity contribution is 5.85. The predicted molar refractivity (Wildman–Crippen MR) is 78.4 cm³/mol. The predicted octanol–water partition coefficient (Wildman–Crippen LogP) is 3.05. The molecular weight excluding hydrogens is 324 g/mol. The molecule has 126 valence electrons. The van der Waals surface area contributed by atoms with E-state index in [0.717, 1.165) is 12.1 Å². The van der Waals surface area contributed by atoms with Crippen molar-refractivity contribution in [2.45, 2.75) is 12.2 Å². The number of benzene rings is 1. The maximum absolute atomic E-state index is 13.4. The first-order valence-corrected chi connectivity index (χ1v) is 6.72. The third kappa shape index (κ3) is 4.47. The van der Waals surface area contributed by atoms with Crippen LogP contribution in [-0.4, -0.2) is 44.9 Å². The third-order valence-electron chi connectivity index (χ3n) is 3.62. The topological polar surface area (TPSA) is 24.5 Å². The van der Waals surface area contributed by atoms with Gasteiger partial charge in [-0.15, -0.1) is 12.4 Å². The van der Waals surface area contributed by atoms with Crippen molar-refractivity contribution in [3.05, 3.63) is 29.3 Å². The Balaban J connectivity index is 0.00000242. The van der Waals surface area contributed by atoms with Crippen LogP contribution in [-0.2, 0) is 6.18 Å². The zero-order valence-corrected chi connectivity index (χ0v) is 12.9. The number of rotatable bonds is 4. The summed E-state index contributed by atoms with van der Waals surface area (Å²) in [7, 11) is 1.30. The highest BCUT2D eigenvalue weighted by Crippen LogP contribution is 2.35. The maximum Gasteiger partial charge on any atom is 0.416 e. The molecule has 3 nitrogen and oxygen atoms in total. The van der Waals surface area contributed by atoms with E-state index in [2.05, 4.69) is 5.32 Å². The molecule has 0 amide bonds. The van der Waals surface area contributed by atoms with Crippen molar-refractivity contribution in [1.82, 2.24) is 10.2 Å². The monoisotopic (exact) mass is 342 g/mol. The van der Waals surface area contributed by atoms with E-state index in [9.17, 15) is 17.6 Å². The van der Waals surface area contributed by atoms with E-state index in [4.69, 9.17) is 4.74 Å². The van der Waals surface area contributed by atoms with Crippen molar-refractivity contribution < 1.29 is 22.3 Å². The fourth-order valence-corrected chi connectivity index (χ4v) is 2.49. The summed E-state index contributed by atoms with van der Waals surface area (Å²) in [6.07, 6.45) is -4.48. The van der Waals surface area contributed by atoms with Gasteiger partial charge in [0.1, 0.15) is 12.4 Å². The van der Waals surface area contributed by atoms with Crippen LogP contribution in [0.2, 0.25) is 0 Å². The maximum atomic E-state index is 13.4. The molecule has 1 heterocycles. The minimum atomic E-state index is -4.48. The van der Waals surface area contributed by atoms with Gasteiger partial charge in [-0.2, -0.15) is 13.2 Å². The average molecular weight is 343 g/mol. The Kier molecular flexibility index (Phi) is 6.90. The molecule has 22 heavy (non-hydrogen) atoms. The average Bonchev–Trinajstić information content (AvgIpc) is 2.48. The smallest absolute Gasteiger partial charge is 0.416 e. The second-order valence-corrected chi connectivity index (χ2v) is 4.95. The van der Waals surface area contributed by atoms with Gasteiger partial charge in [0.2, 0.25) is 0 Å². The van der Waals surface area contributed by atoms with Crippen LogP contribution in [0.3, 0.4) is 0 Å². The molecule has 0 radical (unpaired) electrons. The molecule has 2 rings (SSSR count). The molecule has 1 aliphatic rings. The Morgan fingerprint density at radius 2 is 1.86 bits per heavy atom. The Hall–Kier alpha value is -1.05. The van der Waals surface area contributed by atoms with E-state index in [0.29, 0.717) is 31.7 Å². The summed E-state index contributed by atoms with van der Waals surface area (Å²) in [5.41, 5.74) is -0.517. The van der Waals surface area contributed by atoms with Crippen LogP contribution in [0.25, 0.3) is 0 Å². The Morgan fingerprint density at radius 3 is 2.36 bits per heavy atom. The van der Waals surface area contributed by atoms with Crippen LogP contribution in [0.5, 0.6) is 5.75 Å². The van der Waals surface area contributed by atoms with Crippen LogP contribution >= 0.6 is 12.4 Å². The molecular formula is C14H19ClF4N2O. The van der Waals surface area contributed by atoms with Gasteiger partial charge in [-0.3, -0.25) is 4.90 Å². The van der Waals surface area contributed by atoms with E-state index in [1.54, 1.807) is 0 Å². The Bertz CT molecular complexity index is 478. The standard InChI is InChI=1S/C14H18F4N2O.ClH/c1-21-12-7-10(6-11(8-12)14(16,17)18)13(9-15)20-4-2-19-3-5-20;/h6-8,13,19H,2-5,9H2,1H3;1H/t13-;/m0./s1. The van der Waals surface area contributed by atoms with Crippen molar-refractivity contribution in [2.75, 3.05) is 40.0 Å². The zero-order valence-electron chi connectivity index (χ0n) is 12.1. The van der Waals surface area contributed by atoms with Crippen molar-refractivity contribution in [2.24, 2.45) is 0 Å². The molecule has 1 atom stereocenters. The molecule has 1 aromatic carbocycles. The van der Waals surface area contributed by atoms with Crippen LogP contribution in [0.15, 0.2) is 18.2 Å². The number of alkyl halides is 4. The summed E-state index contributed by atoms with van der Waals surface area (Å²) in [6, 6.07) is 2.73. The summed E-state index contributed by atoms with van der Waals surface area (Å²) in [5.74, 6) is 0.0911. The molecule has 8 heteroatoms. The van der Waals surface area contributed by atoms with Gasteiger partial charge in [0.15, 0.2) is 0 Å². The number of nitrogens with zero attached hydrogens (tertiary/aromatic N) is 1. The van der Waals surface area contributed by atoms with E-state index < -0.39 is 24.5 Å². The summed E-state index contributed by atoms with van der Waals surface area (Å²) >= 11 is 0. The van der Waals surface area contributed by atoms with E-state index in [1.807, 2.05) is 4.90 Å². The van der Waals surface area contributed by atoms with Gasteiger partial charge in [0, 0.05) is 26.2 Å². The highest BCUT2D eigenvalue weighted by atomic mass is 35.5. The van der Waals surface area contributed by atoms with Crippen LogP contribution in [0, 0.1) is 0 Å². The van der Waals surface area contributed by atoms with Crippen molar-refractivity contribution in [1.29, 1.82) is 0 Å². The van der Waals surface area contributed by atoms with Gasteiger partial charge in [-0.1, -0.05) is 0 Å². The van der Waals surface area contributed by atoms with Crippen LogP contribution in [0.4, 0.5) is 17.6 Å². The number of ether oxygens (including phenoxy) is 1. The lowest BCUT2D eigenvalue weighted by atomic mass is 10.0. The first kappa shape index (κ1) is 19.0. The Morgan fingerprint density at radius 1 is 1.23 bits per heavy atom. The van der Waals surface area contributed by atoms with Gasteiger partial charge in [-0.05, 0) is 23.8 Å². The number of nitrogens with one attached hydrogen (secondary N) is 1. The first-order chi connectivity index (χ1) is 9.95. The lowest BCUT2D eigenvalue weighted by Gasteiger charge is -2.34. The number of hydrogen-bond acceptors (Lipinski definition) is 3. The number of methoxy groups -OCH3 is 1. The van der Waals surface area contributed by atoms with Gasteiger partial charge in [0.05, 0.1) is 18.7 Å². The molecule has 0 unspecified atom stereocenters. The molecule has 0 aliphatic carbocycles. The van der Waals surface area contributed by atoms with Crippen molar-refractivity contribution >= 4 is 12.4 Å². The van der Waals surface area contributed by atoms with Gasteiger partial charge >= 0.3 is 6.18 Å². The van der Waals surface area contributed by atoms with Crippen molar-refractivity contribution in [3.8, 4) is 5.75 Å². The van der Waals surface area contributed by atoms with E-state index >= 15 is 0 Å². The second kappa shape index (κ2) is 7.99. The fraction of sp³-hybridized carbons (Fsp3) is 0.571. The quantitative estimate of drug-likeness (QED) is 0.851. The lowest BCUT2D eigenvalue weighted by molar-refractivity contribution is -0.137. The molecule has 1 aromatic rings. The summed E-state index contributed by atoms with van der Waals surface area (Å²) in [4.78, 5) is 1.85. The van der Waals surface area contributed by atoms with E-state index in [1.165, 1.54) is 13.2 Å². The normalized spacial score (nSPS) is 17.7. The van der Waals surface area contributed by atoms with E-state index in [-0.39, 0.29) is 18.2 Å². The molecule has 1 aliphatic heterocycles. The first-order valence-electron chi connectivity index (χ1n) is 6.72. The largest absolute Gasteiger partial charge is 0.497 e. The zero-order chi connectivity index (χ0) is 15.5. The Labute approximate surface area is 133 Å². The minimum absolute atomic E-state index is 0. The molecule has 0 aromatic heterocycles.